The summed E-state index contributed by atoms with van der Waals surface area (Å²) < 4.78 is 5.17. The third-order valence-electron chi connectivity index (χ3n) is 3.48. The van der Waals surface area contributed by atoms with Crippen molar-refractivity contribution in [1.82, 2.24) is 0 Å². The molecule has 120 valence electrons. The summed E-state index contributed by atoms with van der Waals surface area (Å²) in [5, 5.41) is 1.28. The Morgan fingerprint density at radius 1 is 1.13 bits per heavy atom. The highest BCUT2D eigenvalue weighted by atomic mass is 35.5. The number of methoxy groups -OCH3 is 1. The largest absolute Gasteiger partial charge is 0.494 e. The van der Waals surface area contributed by atoms with Gasteiger partial charge in [0, 0.05) is 10.7 Å². The maximum atomic E-state index is 12.3. The minimum Gasteiger partial charge on any atom is -0.494 e. The molecular weight excluding hydrogens is 377 g/mol. The van der Waals surface area contributed by atoms with E-state index in [0.29, 0.717) is 26.6 Å². The van der Waals surface area contributed by atoms with E-state index >= 15 is 0 Å². The molecule has 1 fully saturated rings. The standard InChI is InChI=1S/C16H12Cl3NO2S/c1-22-15-12(18)6-9(7-13(15)19)16-20(14(21)8-23-16)11-4-2-10(17)3-5-11/h2-7,16H,8H2,1H3/t16-/m1/s1. The van der Waals surface area contributed by atoms with Gasteiger partial charge in [0.15, 0.2) is 5.75 Å². The number of carbonyl (C=O) groups excluding carboxylic acids is 1. The predicted molar refractivity (Wildman–Crippen MR) is 97.2 cm³/mol. The average Bonchev–Trinajstić information content (AvgIpc) is 2.89. The molecule has 2 aromatic carbocycles. The van der Waals surface area contributed by atoms with Crippen molar-refractivity contribution in [3.63, 3.8) is 0 Å². The minimum atomic E-state index is -0.190. The third-order valence-corrected chi connectivity index (χ3v) is 5.51. The van der Waals surface area contributed by atoms with E-state index in [1.807, 2.05) is 12.1 Å². The van der Waals surface area contributed by atoms with Crippen molar-refractivity contribution in [2.24, 2.45) is 0 Å². The van der Waals surface area contributed by atoms with E-state index in [1.54, 1.807) is 29.2 Å². The highest BCUT2D eigenvalue weighted by Gasteiger charge is 2.34. The fourth-order valence-corrected chi connectivity index (χ4v) is 4.41. The molecule has 23 heavy (non-hydrogen) atoms. The average molecular weight is 389 g/mol. The molecule has 1 aliphatic heterocycles. The normalized spacial score (nSPS) is 17.7. The highest BCUT2D eigenvalue weighted by Crippen LogP contribution is 2.45. The maximum Gasteiger partial charge on any atom is 0.238 e. The van der Waals surface area contributed by atoms with Crippen LogP contribution in [0.25, 0.3) is 0 Å². The number of hydrogen-bond donors (Lipinski definition) is 0. The van der Waals surface area contributed by atoms with Crippen LogP contribution in [0.4, 0.5) is 5.69 Å². The van der Waals surface area contributed by atoms with Crippen LogP contribution in [0.5, 0.6) is 5.75 Å². The number of amides is 1. The second-order valence-corrected chi connectivity index (χ2v) is 7.24. The third kappa shape index (κ3) is 3.26. The fraction of sp³-hybridized carbons (Fsp3) is 0.188. The molecule has 0 aromatic heterocycles. The lowest BCUT2D eigenvalue weighted by molar-refractivity contribution is -0.115. The molecule has 0 radical (unpaired) electrons. The zero-order valence-corrected chi connectivity index (χ0v) is 15.1. The van der Waals surface area contributed by atoms with Crippen LogP contribution in [0.15, 0.2) is 36.4 Å². The van der Waals surface area contributed by atoms with Gasteiger partial charge in [-0.25, -0.2) is 0 Å². The van der Waals surface area contributed by atoms with E-state index in [-0.39, 0.29) is 11.3 Å². The maximum absolute atomic E-state index is 12.3. The van der Waals surface area contributed by atoms with Crippen molar-refractivity contribution in [1.29, 1.82) is 0 Å². The van der Waals surface area contributed by atoms with Crippen LogP contribution >= 0.6 is 46.6 Å². The molecule has 3 nitrogen and oxygen atoms in total. The SMILES string of the molecule is COc1c(Cl)cc([C@H]2SCC(=O)N2c2ccc(Cl)cc2)cc1Cl. The summed E-state index contributed by atoms with van der Waals surface area (Å²) in [4.78, 5) is 14.0. The summed E-state index contributed by atoms with van der Waals surface area (Å²) in [5.74, 6) is 0.865. The Morgan fingerprint density at radius 2 is 1.74 bits per heavy atom. The number of anilines is 1. The van der Waals surface area contributed by atoms with E-state index in [0.717, 1.165) is 11.3 Å². The van der Waals surface area contributed by atoms with Gasteiger partial charge in [0.2, 0.25) is 5.91 Å². The first-order chi connectivity index (χ1) is 11.0. The van der Waals surface area contributed by atoms with Crippen LogP contribution in [0.2, 0.25) is 15.1 Å². The molecule has 3 rings (SSSR count). The molecule has 0 unspecified atom stereocenters. The quantitative estimate of drug-likeness (QED) is 0.701. The molecule has 1 aliphatic rings. The van der Waals surface area contributed by atoms with Gasteiger partial charge in [-0.15, -0.1) is 11.8 Å². The number of thioether (sulfide) groups is 1. The summed E-state index contributed by atoms with van der Waals surface area (Å²) in [6.45, 7) is 0. The van der Waals surface area contributed by atoms with Crippen LogP contribution < -0.4 is 9.64 Å². The Bertz CT molecular complexity index is 728. The molecule has 1 saturated heterocycles. The van der Waals surface area contributed by atoms with Crippen LogP contribution in [-0.2, 0) is 4.79 Å². The first-order valence-electron chi connectivity index (χ1n) is 6.73. The Balaban J connectivity index is 2.01. The van der Waals surface area contributed by atoms with Crippen molar-refractivity contribution < 1.29 is 9.53 Å². The molecule has 1 atom stereocenters. The molecule has 1 amide bonds. The summed E-state index contributed by atoms with van der Waals surface area (Å²) in [6, 6.07) is 10.7. The Kier molecular flexibility index (Phi) is 4.97. The van der Waals surface area contributed by atoms with Crippen molar-refractivity contribution in [3.05, 3.63) is 57.0 Å². The number of rotatable bonds is 3. The number of hydrogen-bond acceptors (Lipinski definition) is 3. The van der Waals surface area contributed by atoms with Crippen molar-refractivity contribution in [2.75, 3.05) is 17.8 Å². The van der Waals surface area contributed by atoms with E-state index in [9.17, 15) is 4.79 Å². The lowest BCUT2D eigenvalue weighted by Gasteiger charge is -2.25. The second-order valence-electron chi connectivity index (χ2n) is 4.92. The van der Waals surface area contributed by atoms with Gasteiger partial charge >= 0.3 is 0 Å². The van der Waals surface area contributed by atoms with Crippen LogP contribution in [0, 0.1) is 0 Å². The van der Waals surface area contributed by atoms with Crippen molar-refractivity contribution in [2.45, 2.75) is 5.37 Å². The number of ether oxygens (including phenoxy) is 1. The lowest BCUT2D eigenvalue weighted by atomic mass is 10.1. The van der Waals surface area contributed by atoms with Gasteiger partial charge in [-0.05, 0) is 42.0 Å². The molecule has 0 N–H and O–H groups in total. The van der Waals surface area contributed by atoms with E-state index in [4.69, 9.17) is 39.5 Å². The zero-order chi connectivity index (χ0) is 16.6. The van der Waals surface area contributed by atoms with E-state index in [2.05, 4.69) is 0 Å². The second kappa shape index (κ2) is 6.81. The zero-order valence-electron chi connectivity index (χ0n) is 12.1. The Morgan fingerprint density at radius 3 is 2.30 bits per heavy atom. The molecule has 2 aromatic rings. The number of carbonyl (C=O) groups is 1. The van der Waals surface area contributed by atoms with Crippen LogP contribution in [0.1, 0.15) is 10.9 Å². The highest BCUT2D eigenvalue weighted by molar-refractivity contribution is 8.00. The van der Waals surface area contributed by atoms with E-state index in [1.165, 1.54) is 18.9 Å². The van der Waals surface area contributed by atoms with Crippen molar-refractivity contribution in [3.8, 4) is 5.75 Å². The number of nitrogens with zero attached hydrogens (tertiary/aromatic N) is 1. The molecular formula is C16H12Cl3NO2S. The van der Waals surface area contributed by atoms with Gasteiger partial charge in [-0.1, -0.05) is 34.8 Å². The summed E-state index contributed by atoms with van der Waals surface area (Å²) in [7, 11) is 1.51. The molecule has 1 heterocycles. The number of benzene rings is 2. The summed E-state index contributed by atoms with van der Waals surface area (Å²) in [6.07, 6.45) is 0. The van der Waals surface area contributed by atoms with Gasteiger partial charge in [0.05, 0.1) is 22.9 Å². The summed E-state index contributed by atoms with van der Waals surface area (Å²) >= 11 is 19.9. The van der Waals surface area contributed by atoms with Gasteiger partial charge in [-0.3, -0.25) is 9.69 Å². The fourth-order valence-electron chi connectivity index (χ4n) is 2.47. The van der Waals surface area contributed by atoms with Crippen LogP contribution in [0.3, 0.4) is 0 Å². The lowest BCUT2D eigenvalue weighted by Crippen LogP contribution is -2.27. The van der Waals surface area contributed by atoms with Crippen LogP contribution in [-0.4, -0.2) is 18.8 Å². The molecule has 0 spiro atoms. The first-order valence-corrected chi connectivity index (χ1v) is 8.91. The number of halogens is 3. The molecule has 0 aliphatic carbocycles. The summed E-state index contributed by atoms with van der Waals surface area (Å²) in [5.41, 5.74) is 1.64. The minimum absolute atomic E-state index is 0.0328. The smallest absolute Gasteiger partial charge is 0.238 e. The molecule has 0 saturated carbocycles. The van der Waals surface area contributed by atoms with Gasteiger partial charge in [-0.2, -0.15) is 0 Å². The van der Waals surface area contributed by atoms with Gasteiger partial charge in [0.25, 0.3) is 0 Å². The Hall–Kier alpha value is -1.07. The van der Waals surface area contributed by atoms with Crippen molar-refractivity contribution >= 4 is 58.2 Å². The first kappa shape index (κ1) is 16.8. The monoisotopic (exact) mass is 387 g/mol. The molecule has 0 bridgehead atoms. The van der Waals surface area contributed by atoms with E-state index < -0.39 is 0 Å². The topological polar surface area (TPSA) is 29.5 Å². The van der Waals surface area contributed by atoms with Gasteiger partial charge in [0.1, 0.15) is 5.37 Å². The molecule has 7 heteroatoms. The Labute approximate surface area is 153 Å². The predicted octanol–water partition coefficient (Wildman–Crippen LogP) is 5.43. The van der Waals surface area contributed by atoms with Gasteiger partial charge < -0.3 is 4.74 Å².